The van der Waals surface area contributed by atoms with Crippen molar-refractivity contribution in [2.45, 2.75) is 12.8 Å². The molecule has 1 aliphatic heterocycles. The Bertz CT molecular complexity index is 804. The average molecular weight is 357 g/mol. The van der Waals surface area contributed by atoms with Crippen molar-refractivity contribution in [3.05, 3.63) is 70.0 Å². The fourth-order valence-electron chi connectivity index (χ4n) is 3.18. The number of anilines is 1. The van der Waals surface area contributed by atoms with Crippen LogP contribution in [0.25, 0.3) is 0 Å². The highest BCUT2D eigenvalue weighted by atomic mass is 19.1. The molecular formula is C19H20FN3O3. The predicted molar refractivity (Wildman–Crippen MR) is 96.6 cm³/mol. The molecule has 26 heavy (non-hydrogen) atoms. The van der Waals surface area contributed by atoms with Gasteiger partial charge in [0.1, 0.15) is 11.5 Å². The van der Waals surface area contributed by atoms with Crippen LogP contribution in [0.4, 0.5) is 15.8 Å². The largest absolute Gasteiger partial charge is 0.362 e. The van der Waals surface area contributed by atoms with Gasteiger partial charge in [-0.05, 0) is 30.2 Å². The van der Waals surface area contributed by atoms with Crippen LogP contribution in [0.2, 0.25) is 0 Å². The van der Waals surface area contributed by atoms with Gasteiger partial charge in [0, 0.05) is 38.7 Å². The van der Waals surface area contributed by atoms with Crippen LogP contribution in [0.1, 0.15) is 12.0 Å². The average Bonchev–Trinajstić information content (AvgIpc) is 2.66. The molecule has 1 aliphatic rings. The lowest BCUT2D eigenvalue weighted by Gasteiger charge is -2.35. The summed E-state index contributed by atoms with van der Waals surface area (Å²) in [6, 6.07) is 12.9. The molecule has 0 aliphatic carbocycles. The molecule has 0 radical (unpaired) electrons. The Labute approximate surface area is 151 Å². The second-order valence-electron chi connectivity index (χ2n) is 6.24. The molecule has 1 heterocycles. The fourth-order valence-corrected chi connectivity index (χ4v) is 3.18. The minimum atomic E-state index is -0.383. The number of aryl methyl sites for hydroxylation is 1. The summed E-state index contributed by atoms with van der Waals surface area (Å²) in [5, 5.41) is 11.2. The van der Waals surface area contributed by atoms with Crippen molar-refractivity contribution in [1.29, 1.82) is 0 Å². The van der Waals surface area contributed by atoms with Gasteiger partial charge in [-0.1, -0.05) is 24.3 Å². The van der Waals surface area contributed by atoms with Crippen LogP contribution in [0.15, 0.2) is 48.5 Å². The first-order chi connectivity index (χ1) is 12.5. The number of rotatable bonds is 5. The summed E-state index contributed by atoms with van der Waals surface area (Å²) in [7, 11) is 0. The maximum Gasteiger partial charge on any atom is 0.292 e. The fraction of sp³-hybridized carbons (Fsp3) is 0.316. The van der Waals surface area contributed by atoms with Crippen LogP contribution in [0.5, 0.6) is 0 Å². The molecule has 7 heteroatoms. The summed E-state index contributed by atoms with van der Waals surface area (Å²) in [6.07, 6.45) is 0.829. The molecule has 136 valence electrons. The van der Waals surface area contributed by atoms with E-state index in [4.69, 9.17) is 0 Å². The van der Waals surface area contributed by atoms with Crippen molar-refractivity contribution in [3.8, 4) is 0 Å². The van der Waals surface area contributed by atoms with E-state index < -0.39 is 0 Å². The number of nitro benzene ring substituents is 1. The maximum atomic E-state index is 13.2. The first kappa shape index (κ1) is 17.8. The summed E-state index contributed by atoms with van der Waals surface area (Å²) < 4.78 is 13.2. The molecule has 0 aromatic heterocycles. The molecule has 2 aromatic rings. The van der Waals surface area contributed by atoms with Gasteiger partial charge in [0.05, 0.1) is 4.92 Å². The summed E-state index contributed by atoms with van der Waals surface area (Å²) in [5.41, 5.74) is 1.47. The first-order valence-corrected chi connectivity index (χ1v) is 8.55. The van der Waals surface area contributed by atoms with Gasteiger partial charge < -0.3 is 9.80 Å². The zero-order valence-electron chi connectivity index (χ0n) is 14.3. The summed E-state index contributed by atoms with van der Waals surface area (Å²) >= 11 is 0. The lowest BCUT2D eigenvalue weighted by Crippen LogP contribution is -2.49. The lowest BCUT2D eigenvalue weighted by atomic mass is 10.1. The molecule has 0 bridgehead atoms. The molecule has 0 atom stereocenters. The van der Waals surface area contributed by atoms with Crippen molar-refractivity contribution in [2.75, 3.05) is 31.1 Å². The molecule has 0 spiro atoms. The van der Waals surface area contributed by atoms with Crippen molar-refractivity contribution in [3.63, 3.8) is 0 Å². The minimum absolute atomic E-state index is 0.0245. The quantitative estimate of drug-likeness (QED) is 0.609. The van der Waals surface area contributed by atoms with E-state index in [1.807, 2.05) is 11.0 Å². The van der Waals surface area contributed by atoms with Gasteiger partial charge in [-0.15, -0.1) is 0 Å². The number of hydrogen-bond acceptors (Lipinski definition) is 4. The predicted octanol–water partition coefficient (Wildman–Crippen LogP) is 3.02. The molecule has 0 unspecified atom stereocenters. The van der Waals surface area contributed by atoms with Crippen LogP contribution in [-0.4, -0.2) is 41.9 Å². The third kappa shape index (κ3) is 4.17. The smallest absolute Gasteiger partial charge is 0.292 e. The number of piperazine rings is 1. The Kier molecular flexibility index (Phi) is 5.46. The summed E-state index contributed by atoms with van der Waals surface area (Å²) in [6.45, 7) is 2.15. The molecule has 1 fully saturated rings. The number of nitro groups is 1. The highest BCUT2D eigenvalue weighted by Crippen LogP contribution is 2.28. The first-order valence-electron chi connectivity index (χ1n) is 8.55. The highest BCUT2D eigenvalue weighted by molar-refractivity contribution is 5.77. The van der Waals surface area contributed by atoms with E-state index >= 15 is 0 Å². The van der Waals surface area contributed by atoms with Crippen molar-refractivity contribution < 1.29 is 14.1 Å². The van der Waals surface area contributed by atoms with Gasteiger partial charge in [-0.3, -0.25) is 14.9 Å². The number of benzene rings is 2. The van der Waals surface area contributed by atoms with Crippen molar-refractivity contribution >= 4 is 17.3 Å². The van der Waals surface area contributed by atoms with Crippen LogP contribution >= 0.6 is 0 Å². The van der Waals surface area contributed by atoms with Gasteiger partial charge in [-0.25, -0.2) is 4.39 Å². The van der Waals surface area contributed by atoms with E-state index in [9.17, 15) is 19.3 Å². The van der Waals surface area contributed by atoms with E-state index in [1.165, 1.54) is 18.2 Å². The summed E-state index contributed by atoms with van der Waals surface area (Å²) in [5.74, 6) is -0.274. The van der Waals surface area contributed by atoms with E-state index in [0.717, 1.165) is 5.56 Å². The Balaban J connectivity index is 1.55. The van der Waals surface area contributed by atoms with E-state index in [0.29, 0.717) is 44.7 Å². The maximum absolute atomic E-state index is 13.2. The van der Waals surface area contributed by atoms with Gasteiger partial charge in [0.15, 0.2) is 0 Å². The monoisotopic (exact) mass is 357 g/mol. The van der Waals surface area contributed by atoms with Gasteiger partial charge >= 0.3 is 0 Å². The van der Waals surface area contributed by atoms with Crippen molar-refractivity contribution in [2.24, 2.45) is 0 Å². The Morgan fingerprint density at radius 1 is 1.08 bits per heavy atom. The molecule has 0 saturated carbocycles. The number of carbonyl (C=O) groups excluding carboxylic acids is 1. The Morgan fingerprint density at radius 2 is 1.81 bits per heavy atom. The summed E-state index contributed by atoms with van der Waals surface area (Å²) in [4.78, 5) is 26.9. The van der Waals surface area contributed by atoms with Crippen LogP contribution in [0, 0.1) is 15.9 Å². The number of amides is 1. The molecule has 1 saturated heterocycles. The lowest BCUT2D eigenvalue weighted by molar-refractivity contribution is -0.384. The second-order valence-corrected chi connectivity index (χ2v) is 6.24. The van der Waals surface area contributed by atoms with Crippen molar-refractivity contribution in [1.82, 2.24) is 4.90 Å². The number of hydrogen-bond donors (Lipinski definition) is 0. The molecule has 3 rings (SSSR count). The minimum Gasteiger partial charge on any atom is -0.362 e. The third-order valence-electron chi connectivity index (χ3n) is 4.57. The van der Waals surface area contributed by atoms with Gasteiger partial charge in [0.25, 0.3) is 5.69 Å². The molecule has 1 amide bonds. The topological polar surface area (TPSA) is 66.7 Å². The van der Waals surface area contributed by atoms with E-state index in [1.54, 1.807) is 29.2 Å². The number of para-hydroxylation sites is 2. The Morgan fingerprint density at radius 3 is 2.50 bits per heavy atom. The zero-order valence-corrected chi connectivity index (χ0v) is 14.3. The molecule has 6 nitrogen and oxygen atoms in total. The standard InChI is InChI=1S/C19H20FN3O3/c20-16-5-3-4-15(14-16)8-9-19(24)22-12-10-21(11-13-22)17-6-1-2-7-18(17)23(25)26/h1-7,14H,8-13H2. The number of halogens is 1. The molecular weight excluding hydrogens is 337 g/mol. The highest BCUT2D eigenvalue weighted by Gasteiger charge is 2.25. The van der Waals surface area contributed by atoms with Crippen LogP contribution in [-0.2, 0) is 11.2 Å². The van der Waals surface area contributed by atoms with E-state index in [2.05, 4.69) is 0 Å². The molecule has 0 N–H and O–H groups in total. The van der Waals surface area contributed by atoms with Crippen LogP contribution < -0.4 is 4.90 Å². The SMILES string of the molecule is O=C(CCc1cccc(F)c1)N1CCN(c2ccccc2[N+](=O)[O-])CC1. The zero-order chi connectivity index (χ0) is 18.5. The second kappa shape index (κ2) is 7.95. The van der Waals surface area contributed by atoms with Crippen LogP contribution in [0.3, 0.4) is 0 Å². The third-order valence-corrected chi connectivity index (χ3v) is 4.57. The van der Waals surface area contributed by atoms with Gasteiger partial charge in [0.2, 0.25) is 5.91 Å². The van der Waals surface area contributed by atoms with Gasteiger partial charge in [-0.2, -0.15) is 0 Å². The van der Waals surface area contributed by atoms with E-state index in [-0.39, 0.29) is 22.3 Å². The Hall–Kier alpha value is -2.96. The molecule has 2 aromatic carbocycles. The number of carbonyl (C=O) groups is 1. The normalized spacial score (nSPS) is 14.3. The number of nitrogens with zero attached hydrogens (tertiary/aromatic N) is 3.